The first-order chi connectivity index (χ1) is 9.56. The standard InChI is InChI=1S/C16H25N3O/c1-12(2)15(17)16(20)18-14-8-9-19(11-14)10-13-6-4-3-5-7-13/h3-7,12,14-15H,8-11,17H2,1-2H3,(H,18,20)/t14-,15?/m0/s1. The molecule has 0 spiro atoms. The van der Waals surface area contributed by atoms with Crippen LogP contribution in [0.2, 0.25) is 0 Å². The molecule has 0 bridgehead atoms. The third kappa shape index (κ3) is 4.05. The van der Waals surface area contributed by atoms with Gasteiger partial charge in [0, 0.05) is 25.7 Å². The molecule has 0 radical (unpaired) electrons. The zero-order valence-electron chi connectivity index (χ0n) is 12.4. The van der Waals surface area contributed by atoms with E-state index in [1.807, 2.05) is 19.9 Å². The van der Waals surface area contributed by atoms with E-state index in [1.54, 1.807) is 0 Å². The monoisotopic (exact) mass is 275 g/mol. The van der Waals surface area contributed by atoms with E-state index >= 15 is 0 Å². The van der Waals surface area contributed by atoms with Crippen molar-refractivity contribution in [3.05, 3.63) is 35.9 Å². The number of hydrogen-bond acceptors (Lipinski definition) is 3. The number of rotatable bonds is 5. The minimum absolute atomic E-state index is 0.0217. The lowest BCUT2D eigenvalue weighted by Gasteiger charge is -2.20. The molecule has 1 amide bonds. The number of benzene rings is 1. The largest absolute Gasteiger partial charge is 0.351 e. The van der Waals surface area contributed by atoms with Gasteiger partial charge in [0.25, 0.3) is 0 Å². The Morgan fingerprint density at radius 2 is 2.10 bits per heavy atom. The molecule has 1 aliphatic heterocycles. The van der Waals surface area contributed by atoms with Crippen LogP contribution in [0.5, 0.6) is 0 Å². The zero-order valence-corrected chi connectivity index (χ0v) is 12.4. The summed E-state index contributed by atoms with van der Waals surface area (Å²) in [5.41, 5.74) is 7.19. The second kappa shape index (κ2) is 6.86. The van der Waals surface area contributed by atoms with Crippen LogP contribution in [0.25, 0.3) is 0 Å². The summed E-state index contributed by atoms with van der Waals surface area (Å²) in [7, 11) is 0. The summed E-state index contributed by atoms with van der Waals surface area (Å²) in [5, 5.41) is 3.07. The number of nitrogens with two attached hydrogens (primary N) is 1. The quantitative estimate of drug-likeness (QED) is 0.853. The zero-order chi connectivity index (χ0) is 14.5. The molecule has 2 atom stereocenters. The number of nitrogens with zero attached hydrogens (tertiary/aromatic N) is 1. The molecule has 1 aromatic carbocycles. The molecule has 1 aliphatic rings. The van der Waals surface area contributed by atoms with Gasteiger partial charge in [-0.1, -0.05) is 44.2 Å². The molecule has 3 N–H and O–H groups in total. The fraction of sp³-hybridized carbons (Fsp3) is 0.562. The highest BCUT2D eigenvalue weighted by atomic mass is 16.2. The van der Waals surface area contributed by atoms with Crippen LogP contribution in [0.1, 0.15) is 25.8 Å². The van der Waals surface area contributed by atoms with Crippen molar-refractivity contribution in [3.8, 4) is 0 Å². The summed E-state index contributed by atoms with van der Waals surface area (Å²) >= 11 is 0. The van der Waals surface area contributed by atoms with Gasteiger partial charge in [-0.05, 0) is 17.9 Å². The second-order valence-electron chi connectivity index (χ2n) is 5.98. The maximum atomic E-state index is 12.0. The van der Waals surface area contributed by atoms with E-state index < -0.39 is 6.04 Å². The molecule has 20 heavy (non-hydrogen) atoms. The van der Waals surface area contributed by atoms with Crippen LogP contribution in [0, 0.1) is 5.92 Å². The lowest BCUT2D eigenvalue weighted by molar-refractivity contribution is -0.123. The summed E-state index contributed by atoms with van der Waals surface area (Å²) in [6.07, 6.45) is 1.00. The molecule has 2 rings (SSSR count). The Bertz CT molecular complexity index is 433. The van der Waals surface area contributed by atoms with Gasteiger partial charge in [-0.15, -0.1) is 0 Å². The third-order valence-corrected chi connectivity index (χ3v) is 3.89. The number of carbonyl (C=O) groups excluding carboxylic acids is 1. The van der Waals surface area contributed by atoms with Gasteiger partial charge < -0.3 is 11.1 Å². The van der Waals surface area contributed by atoms with Gasteiger partial charge in [0.2, 0.25) is 5.91 Å². The SMILES string of the molecule is CC(C)C(N)C(=O)N[C@H]1CCN(Cc2ccccc2)C1. The van der Waals surface area contributed by atoms with Crippen molar-refractivity contribution in [2.75, 3.05) is 13.1 Å². The minimum atomic E-state index is -0.404. The smallest absolute Gasteiger partial charge is 0.237 e. The van der Waals surface area contributed by atoms with E-state index in [0.717, 1.165) is 26.1 Å². The summed E-state index contributed by atoms with van der Waals surface area (Å²) in [6, 6.07) is 10.3. The van der Waals surface area contributed by atoms with E-state index in [2.05, 4.69) is 34.5 Å². The molecule has 4 nitrogen and oxygen atoms in total. The molecule has 0 aliphatic carbocycles. The second-order valence-corrected chi connectivity index (χ2v) is 5.98. The van der Waals surface area contributed by atoms with Gasteiger partial charge in [-0.3, -0.25) is 9.69 Å². The highest BCUT2D eigenvalue weighted by molar-refractivity contribution is 5.82. The van der Waals surface area contributed by atoms with Crippen LogP contribution in [0.15, 0.2) is 30.3 Å². The summed E-state index contributed by atoms with van der Waals surface area (Å²) in [4.78, 5) is 14.3. The van der Waals surface area contributed by atoms with Crippen LogP contribution in [-0.2, 0) is 11.3 Å². The molecular weight excluding hydrogens is 250 g/mol. The van der Waals surface area contributed by atoms with E-state index in [-0.39, 0.29) is 17.9 Å². The summed E-state index contributed by atoms with van der Waals surface area (Å²) in [6.45, 7) is 6.83. The van der Waals surface area contributed by atoms with E-state index in [4.69, 9.17) is 5.73 Å². The maximum absolute atomic E-state index is 12.0. The molecule has 1 unspecified atom stereocenters. The Morgan fingerprint density at radius 3 is 2.75 bits per heavy atom. The van der Waals surface area contributed by atoms with Crippen LogP contribution >= 0.6 is 0 Å². The summed E-state index contributed by atoms with van der Waals surface area (Å²) < 4.78 is 0. The molecule has 0 aromatic heterocycles. The van der Waals surface area contributed by atoms with Crippen LogP contribution in [0.4, 0.5) is 0 Å². The van der Waals surface area contributed by atoms with Crippen molar-refractivity contribution in [2.45, 2.75) is 38.9 Å². The molecule has 0 saturated carbocycles. The first-order valence-corrected chi connectivity index (χ1v) is 7.38. The Hall–Kier alpha value is -1.39. The number of hydrogen-bond donors (Lipinski definition) is 2. The molecule has 110 valence electrons. The van der Waals surface area contributed by atoms with Gasteiger partial charge in [0.05, 0.1) is 6.04 Å². The number of likely N-dealkylation sites (tertiary alicyclic amines) is 1. The molecular formula is C16H25N3O. The Kier molecular flexibility index (Phi) is 5.15. The highest BCUT2D eigenvalue weighted by Gasteiger charge is 2.26. The Morgan fingerprint density at radius 1 is 1.40 bits per heavy atom. The van der Waals surface area contributed by atoms with Crippen molar-refractivity contribution in [1.82, 2.24) is 10.2 Å². The first kappa shape index (κ1) is 15.0. The molecule has 1 saturated heterocycles. The fourth-order valence-electron chi connectivity index (χ4n) is 2.54. The van der Waals surface area contributed by atoms with Crippen LogP contribution < -0.4 is 11.1 Å². The summed E-state index contributed by atoms with van der Waals surface area (Å²) in [5.74, 6) is 0.156. The topological polar surface area (TPSA) is 58.4 Å². The predicted octanol–water partition coefficient (Wildman–Crippen LogP) is 1.36. The Balaban J connectivity index is 1.79. The van der Waals surface area contributed by atoms with E-state index in [0.29, 0.717) is 0 Å². The van der Waals surface area contributed by atoms with Crippen LogP contribution in [-0.4, -0.2) is 36.0 Å². The van der Waals surface area contributed by atoms with E-state index in [1.165, 1.54) is 5.56 Å². The average molecular weight is 275 g/mol. The minimum Gasteiger partial charge on any atom is -0.351 e. The number of nitrogens with one attached hydrogen (secondary N) is 1. The van der Waals surface area contributed by atoms with Gasteiger partial charge in [-0.2, -0.15) is 0 Å². The lowest BCUT2D eigenvalue weighted by Crippen LogP contribution is -2.48. The van der Waals surface area contributed by atoms with Crippen LogP contribution in [0.3, 0.4) is 0 Å². The van der Waals surface area contributed by atoms with Crippen molar-refractivity contribution in [2.24, 2.45) is 11.7 Å². The van der Waals surface area contributed by atoms with Crippen molar-refractivity contribution in [3.63, 3.8) is 0 Å². The maximum Gasteiger partial charge on any atom is 0.237 e. The lowest BCUT2D eigenvalue weighted by atomic mass is 10.0. The average Bonchev–Trinajstić information content (AvgIpc) is 2.86. The molecule has 1 fully saturated rings. The third-order valence-electron chi connectivity index (χ3n) is 3.89. The highest BCUT2D eigenvalue weighted by Crippen LogP contribution is 2.13. The fourth-order valence-corrected chi connectivity index (χ4v) is 2.54. The normalized spacial score (nSPS) is 21.1. The van der Waals surface area contributed by atoms with Gasteiger partial charge in [0.1, 0.15) is 0 Å². The van der Waals surface area contributed by atoms with Gasteiger partial charge >= 0.3 is 0 Å². The van der Waals surface area contributed by atoms with Crippen molar-refractivity contribution >= 4 is 5.91 Å². The number of carbonyl (C=O) groups is 1. The predicted molar refractivity (Wildman–Crippen MR) is 81.1 cm³/mol. The molecule has 1 heterocycles. The first-order valence-electron chi connectivity index (χ1n) is 7.38. The molecule has 4 heteroatoms. The number of amides is 1. The van der Waals surface area contributed by atoms with Gasteiger partial charge in [-0.25, -0.2) is 0 Å². The van der Waals surface area contributed by atoms with E-state index in [9.17, 15) is 4.79 Å². The van der Waals surface area contributed by atoms with Gasteiger partial charge in [0.15, 0.2) is 0 Å². The molecule has 1 aromatic rings. The van der Waals surface area contributed by atoms with Crippen molar-refractivity contribution < 1.29 is 4.79 Å². The Labute approximate surface area is 121 Å². The van der Waals surface area contributed by atoms with Crippen molar-refractivity contribution in [1.29, 1.82) is 0 Å².